The molecule has 55 heavy (non-hydrogen) atoms. The molecule has 0 amide bonds. The average Bonchev–Trinajstić information content (AvgIpc) is 3.65. The maximum absolute atomic E-state index is 6.50. The quantitative estimate of drug-likeness (QED) is 0.179. The van der Waals surface area contributed by atoms with Crippen molar-refractivity contribution in [3.63, 3.8) is 0 Å². The Kier molecular flexibility index (Phi) is 7.27. The average molecular weight is 704 g/mol. The van der Waals surface area contributed by atoms with Crippen molar-refractivity contribution in [1.82, 2.24) is 15.0 Å². The van der Waals surface area contributed by atoms with Gasteiger partial charge in [-0.3, -0.25) is 0 Å². The highest BCUT2D eigenvalue weighted by Gasteiger charge is 2.28. The molecule has 2 unspecified atom stereocenters. The first-order valence-corrected chi connectivity index (χ1v) is 18.8. The topological polar surface area (TPSA) is 51.8 Å². The minimum Gasteiger partial charge on any atom is -0.456 e. The van der Waals surface area contributed by atoms with E-state index in [1.807, 2.05) is 18.2 Å². The van der Waals surface area contributed by atoms with Gasteiger partial charge in [0, 0.05) is 39.3 Å². The molecule has 0 saturated carbocycles. The minimum absolute atomic E-state index is 0.219. The van der Waals surface area contributed by atoms with E-state index in [4.69, 9.17) is 19.4 Å². The van der Waals surface area contributed by atoms with Gasteiger partial charge in [0.25, 0.3) is 0 Å². The number of aromatic nitrogens is 3. The van der Waals surface area contributed by atoms with Gasteiger partial charge in [0.15, 0.2) is 17.5 Å². The Morgan fingerprint density at radius 1 is 0.473 bits per heavy atom. The van der Waals surface area contributed by atoms with Gasteiger partial charge in [0.2, 0.25) is 0 Å². The molecule has 0 N–H and O–H groups in total. The second-order valence-electron chi connectivity index (χ2n) is 14.3. The summed E-state index contributed by atoms with van der Waals surface area (Å²) in [5.41, 5.74) is 11.5. The van der Waals surface area contributed by atoms with Gasteiger partial charge in [-0.25, -0.2) is 15.0 Å². The molecule has 2 aliphatic carbocycles. The molecule has 4 heteroatoms. The van der Waals surface area contributed by atoms with Crippen LogP contribution in [0, 0.1) is 5.92 Å². The van der Waals surface area contributed by atoms with E-state index >= 15 is 0 Å². The Labute approximate surface area is 318 Å². The van der Waals surface area contributed by atoms with Crippen LogP contribution >= 0.6 is 0 Å². The van der Waals surface area contributed by atoms with E-state index in [-0.39, 0.29) is 5.92 Å². The zero-order chi connectivity index (χ0) is 36.3. The van der Waals surface area contributed by atoms with E-state index < -0.39 is 0 Å². The molecule has 2 atom stereocenters. The summed E-state index contributed by atoms with van der Waals surface area (Å²) in [6, 6.07) is 55.0. The van der Waals surface area contributed by atoms with Gasteiger partial charge in [0.05, 0.1) is 0 Å². The van der Waals surface area contributed by atoms with E-state index in [0.717, 1.165) is 66.3 Å². The first-order valence-electron chi connectivity index (χ1n) is 18.8. The molecule has 0 fully saturated rings. The number of nitrogens with zero attached hydrogens (tertiary/aromatic N) is 3. The number of hydrogen-bond donors (Lipinski definition) is 0. The molecule has 2 aromatic heterocycles. The zero-order valence-corrected chi connectivity index (χ0v) is 29.8. The third kappa shape index (κ3) is 5.42. The van der Waals surface area contributed by atoms with Crippen molar-refractivity contribution in [3.8, 4) is 45.3 Å². The fourth-order valence-electron chi connectivity index (χ4n) is 8.34. The number of furan rings is 1. The number of fused-ring (bicyclic) bond motifs is 7. The number of allylic oxidation sites excluding steroid dienone is 5. The van der Waals surface area contributed by atoms with Gasteiger partial charge in [0.1, 0.15) is 11.2 Å². The van der Waals surface area contributed by atoms with Crippen LogP contribution in [0.15, 0.2) is 186 Å². The molecule has 4 nitrogen and oxygen atoms in total. The summed E-state index contributed by atoms with van der Waals surface area (Å²) in [6.45, 7) is 0. The Hall–Kier alpha value is -7.17. The largest absolute Gasteiger partial charge is 0.456 e. The maximum Gasteiger partial charge on any atom is 0.165 e. The van der Waals surface area contributed by atoms with Crippen LogP contribution in [0.5, 0.6) is 0 Å². The molecule has 258 valence electrons. The molecule has 11 rings (SSSR count). The highest BCUT2D eigenvalue weighted by Crippen LogP contribution is 2.45. The molecule has 9 aromatic rings. The van der Waals surface area contributed by atoms with Gasteiger partial charge in [-0.2, -0.15) is 0 Å². The molecule has 7 aromatic carbocycles. The van der Waals surface area contributed by atoms with Crippen LogP contribution in [-0.2, 0) is 0 Å². The second kappa shape index (κ2) is 12.8. The monoisotopic (exact) mass is 703 g/mol. The summed E-state index contributed by atoms with van der Waals surface area (Å²) < 4.78 is 6.50. The lowest BCUT2D eigenvalue weighted by Gasteiger charge is -2.29. The van der Waals surface area contributed by atoms with Crippen LogP contribution in [0.1, 0.15) is 22.6 Å². The highest BCUT2D eigenvalue weighted by molar-refractivity contribution is 6.14. The molecule has 2 aliphatic rings. The fourth-order valence-corrected chi connectivity index (χ4v) is 8.34. The van der Waals surface area contributed by atoms with Crippen LogP contribution in [0.25, 0.3) is 89.7 Å². The van der Waals surface area contributed by atoms with Gasteiger partial charge in [-0.15, -0.1) is 0 Å². The van der Waals surface area contributed by atoms with Crippen molar-refractivity contribution in [2.45, 2.75) is 5.92 Å². The summed E-state index contributed by atoms with van der Waals surface area (Å²) >= 11 is 0. The van der Waals surface area contributed by atoms with Gasteiger partial charge in [-0.1, -0.05) is 164 Å². The number of para-hydroxylation sites is 1. The third-order valence-electron chi connectivity index (χ3n) is 11.1. The van der Waals surface area contributed by atoms with Gasteiger partial charge >= 0.3 is 0 Å². The minimum atomic E-state index is 0.219. The molecular formula is C51H33N3O. The summed E-state index contributed by atoms with van der Waals surface area (Å²) in [6.07, 6.45) is 11.6. The summed E-state index contributed by atoms with van der Waals surface area (Å²) in [4.78, 5) is 15.9. The molecule has 0 spiro atoms. The standard InChI is InChI=1S/C51H33N3O/c1-2-10-32(11-3-1)34-18-24-37(25-19-34)49-52-50(40-27-20-33-12-4-5-14-38(33)30-40)54-51(53-49)48-42(28-29-46-47(48)43-16-8-9-17-45(43)55-46)39-26-23-36-22-21-35-13-6-7-15-41(35)44(36)31-39/h1-31,36,44H. The van der Waals surface area contributed by atoms with Crippen LogP contribution in [0.4, 0.5) is 0 Å². The summed E-state index contributed by atoms with van der Waals surface area (Å²) in [7, 11) is 0. The predicted molar refractivity (Wildman–Crippen MR) is 225 cm³/mol. The SMILES string of the molecule is C1=CC2C=Cc3ccccc3C2C=C1c1ccc2oc3ccccc3c2c1-c1nc(-c2ccc(-c3ccccc3)cc2)nc(-c2ccc3ccccc3c2)n1. The van der Waals surface area contributed by atoms with Gasteiger partial charge < -0.3 is 4.42 Å². The smallest absolute Gasteiger partial charge is 0.165 e. The Balaban J connectivity index is 1.16. The van der Waals surface area contributed by atoms with E-state index in [0.29, 0.717) is 23.4 Å². The van der Waals surface area contributed by atoms with E-state index in [1.165, 1.54) is 16.5 Å². The maximum atomic E-state index is 6.50. The zero-order valence-electron chi connectivity index (χ0n) is 29.8. The van der Waals surface area contributed by atoms with Crippen molar-refractivity contribution in [2.75, 3.05) is 0 Å². The van der Waals surface area contributed by atoms with Crippen molar-refractivity contribution >= 4 is 44.4 Å². The molecule has 0 aliphatic heterocycles. The first-order chi connectivity index (χ1) is 27.2. The van der Waals surface area contributed by atoms with Gasteiger partial charge in [-0.05, 0) is 68.4 Å². The Bertz CT molecular complexity index is 3040. The fraction of sp³-hybridized carbons (Fsp3) is 0.0392. The molecule has 0 saturated heterocycles. The number of rotatable bonds is 5. The van der Waals surface area contributed by atoms with Crippen molar-refractivity contribution in [1.29, 1.82) is 0 Å². The second-order valence-corrected chi connectivity index (χ2v) is 14.3. The van der Waals surface area contributed by atoms with Crippen LogP contribution in [-0.4, -0.2) is 15.0 Å². The Morgan fingerprint density at radius 3 is 2.04 bits per heavy atom. The normalized spacial score (nSPS) is 16.0. The molecular weight excluding hydrogens is 671 g/mol. The third-order valence-corrected chi connectivity index (χ3v) is 11.1. The van der Waals surface area contributed by atoms with Crippen molar-refractivity contribution < 1.29 is 4.42 Å². The molecule has 0 bridgehead atoms. The Morgan fingerprint density at radius 2 is 1.15 bits per heavy atom. The number of benzene rings is 7. The molecule has 0 radical (unpaired) electrons. The van der Waals surface area contributed by atoms with Crippen LogP contribution in [0.2, 0.25) is 0 Å². The number of hydrogen-bond acceptors (Lipinski definition) is 4. The van der Waals surface area contributed by atoms with Crippen molar-refractivity contribution in [2.24, 2.45) is 5.92 Å². The lowest BCUT2D eigenvalue weighted by atomic mass is 9.74. The van der Waals surface area contributed by atoms with E-state index in [2.05, 4.69) is 170 Å². The lowest BCUT2D eigenvalue weighted by Crippen LogP contribution is -2.14. The van der Waals surface area contributed by atoms with E-state index in [1.54, 1.807) is 0 Å². The van der Waals surface area contributed by atoms with Crippen LogP contribution in [0.3, 0.4) is 0 Å². The highest BCUT2D eigenvalue weighted by atomic mass is 16.3. The lowest BCUT2D eigenvalue weighted by molar-refractivity contribution is 0.669. The summed E-state index contributed by atoms with van der Waals surface area (Å²) in [5.74, 6) is 2.35. The van der Waals surface area contributed by atoms with Crippen molar-refractivity contribution in [3.05, 3.63) is 199 Å². The van der Waals surface area contributed by atoms with Crippen LogP contribution < -0.4 is 0 Å². The first kappa shape index (κ1) is 31.4. The summed E-state index contributed by atoms with van der Waals surface area (Å²) in [5, 5.41) is 4.32. The van der Waals surface area contributed by atoms with E-state index in [9.17, 15) is 0 Å². The predicted octanol–water partition coefficient (Wildman–Crippen LogP) is 13.0. The molecule has 2 heterocycles.